The summed E-state index contributed by atoms with van der Waals surface area (Å²) in [6, 6.07) is 13.4. The van der Waals surface area contributed by atoms with Crippen LogP contribution in [0.25, 0.3) is 11.1 Å². The lowest BCUT2D eigenvalue weighted by molar-refractivity contribution is -0.133. The van der Waals surface area contributed by atoms with Crippen molar-refractivity contribution in [3.05, 3.63) is 52.0 Å². The van der Waals surface area contributed by atoms with E-state index >= 15 is 0 Å². The molecule has 28 heavy (non-hydrogen) atoms. The fraction of sp³-hybridized carbons (Fsp3) is 0.286. The zero-order valence-electron chi connectivity index (χ0n) is 15.8. The van der Waals surface area contributed by atoms with Crippen molar-refractivity contribution in [2.75, 3.05) is 7.05 Å². The number of aliphatic imine (C=N–C) groups is 1. The van der Waals surface area contributed by atoms with Crippen molar-refractivity contribution >= 4 is 27.8 Å². The molecule has 2 aliphatic rings. The van der Waals surface area contributed by atoms with Gasteiger partial charge in [0.1, 0.15) is 11.4 Å². The summed E-state index contributed by atoms with van der Waals surface area (Å²) in [5.41, 5.74) is 7.31. The number of likely N-dealkylation sites (N-methyl/N-ethyl adjacent to an activating group) is 1. The second-order valence-corrected chi connectivity index (χ2v) is 8.70. The molecular formula is C21H19BrN4O2. The van der Waals surface area contributed by atoms with Crippen molar-refractivity contribution in [2.45, 2.75) is 31.4 Å². The molecule has 0 saturated carbocycles. The highest BCUT2D eigenvalue weighted by molar-refractivity contribution is 9.10. The summed E-state index contributed by atoms with van der Waals surface area (Å²) < 4.78 is 6.95. The first-order valence-electron chi connectivity index (χ1n) is 8.83. The number of carbonyl (C=O) groups is 1. The molecule has 0 fully saturated rings. The highest BCUT2D eigenvalue weighted by Crippen LogP contribution is 2.49. The molecule has 0 saturated heterocycles. The van der Waals surface area contributed by atoms with Gasteiger partial charge in [-0.05, 0) is 55.3 Å². The van der Waals surface area contributed by atoms with E-state index in [1.807, 2.05) is 44.2 Å². The Morgan fingerprint density at radius 2 is 2.00 bits per heavy atom. The molecule has 0 aliphatic carbocycles. The lowest BCUT2D eigenvalue weighted by atomic mass is 9.77. The van der Waals surface area contributed by atoms with E-state index in [2.05, 4.69) is 27.0 Å². The average Bonchev–Trinajstić information content (AvgIpc) is 2.84. The number of nitrogens with two attached hydrogens (primary N) is 1. The summed E-state index contributed by atoms with van der Waals surface area (Å²) in [7, 11) is 1.63. The smallest absolute Gasteiger partial charge is 0.261 e. The number of halogens is 1. The van der Waals surface area contributed by atoms with Crippen LogP contribution in [0.1, 0.15) is 31.4 Å². The Bertz CT molecular complexity index is 1090. The molecule has 0 radical (unpaired) electrons. The van der Waals surface area contributed by atoms with E-state index < -0.39 is 11.1 Å². The lowest BCUT2D eigenvalue weighted by Crippen LogP contribution is -2.49. The van der Waals surface area contributed by atoms with Crippen molar-refractivity contribution in [3.63, 3.8) is 0 Å². The van der Waals surface area contributed by atoms with Crippen LogP contribution in [0.3, 0.4) is 0 Å². The van der Waals surface area contributed by atoms with E-state index in [0.29, 0.717) is 23.3 Å². The van der Waals surface area contributed by atoms with Crippen LogP contribution in [0.2, 0.25) is 0 Å². The summed E-state index contributed by atoms with van der Waals surface area (Å²) in [4.78, 5) is 19.2. The van der Waals surface area contributed by atoms with Gasteiger partial charge >= 0.3 is 0 Å². The van der Waals surface area contributed by atoms with Gasteiger partial charge in [-0.25, -0.2) is 4.99 Å². The van der Waals surface area contributed by atoms with Crippen molar-refractivity contribution < 1.29 is 9.53 Å². The van der Waals surface area contributed by atoms with Crippen LogP contribution in [0, 0.1) is 11.3 Å². The van der Waals surface area contributed by atoms with Crippen molar-refractivity contribution in [3.8, 4) is 22.9 Å². The van der Waals surface area contributed by atoms with Gasteiger partial charge in [0.05, 0.1) is 11.6 Å². The minimum Gasteiger partial charge on any atom is -0.487 e. The molecule has 2 N–H and O–H groups in total. The first kappa shape index (κ1) is 18.5. The summed E-state index contributed by atoms with van der Waals surface area (Å²) in [5, 5.41) is 9.27. The number of fused-ring (bicyclic) bond motifs is 2. The fourth-order valence-electron chi connectivity index (χ4n) is 3.98. The molecule has 1 unspecified atom stereocenters. The van der Waals surface area contributed by atoms with Gasteiger partial charge in [-0.3, -0.25) is 9.69 Å². The van der Waals surface area contributed by atoms with E-state index in [0.717, 1.165) is 15.6 Å². The fourth-order valence-corrected chi connectivity index (χ4v) is 4.47. The van der Waals surface area contributed by atoms with Gasteiger partial charge < -0.3 is 10.5 Å². The Morgan fingerprint density at radius 1 is 1.25 bits per heavy atom. The average molecular weight is 439 g/mol. The Labute approximate surface area is 171 Å². The van der Waals surface area contributed by atoms with Crippen molar-refractivity contribution in [1.82, 2.24) is 4.90 Å². The molecule has 6 nitrogen and oxygen atoms in total. The van der Waals surface area contributed by atoms with E-state index in [4.69, 9.17) is 10.5 Å². The van der Waals surface area contributed by atoms with Gasteiger partial charge in [-0.2, -0.15) is 5.26 Å². The SMILES string of the molecule is CN1C(=O)C2(CC(C)(C)Oc3ccc(-c4cc(Br)cc(C#N)c4)cc32)N=C1N. The van der Waals surface area contributed by atoms with Crippen LogP contribution < -0.4 is 10.5 Å². The number of hydrogen-bond donors (Lipinski definition) is 1. The van der Waals surface area contributed by atoms with Gasteiger partial charge in [0, 0.05) is 23.5 Å². The molecule has 2 aromatic carbocycles. The summed E-state index contributed by atoms with van der Waals surface area (Å²) in [5.74, 6) is 0.663. The number of guanidine groups is 1. The van der Waals surface area contributed by atoms with Crippen molar-refractivity contribution in [2.24, 2.45) is 10.7 Å². The zero-order chi connectivity index (χ0) is 20.3. The quantitative estimate of drug-likeness (QED) is 0.736. The number of hydrogen-bond acceptors (Lipinski definition) is 5. The lowest BCUT2D eigenvalue weighted by Gasteiger charge is -2.41. The molecule has 1 spiro atoms. The highest BCUT2D eigenvalue weighted by Gasteiger charge is 2.55. The molecule has 2 heterocycles. The van der Waals surface area contributed by atoms with Crippen LogP contribution in [-0.2, 0) is 10.3 Å². The number of ether oxygens (including phenoxy) is 1. The van der Waals surface area contributed by atoms with Crippen molar-refractivity contribution in [1.29, 1.82) is 5.26 Å². The van der Waals surface area contributed by atoms with Crippen LogP contribution in [-0.4, -0.2) is 29.4 Å². The van der Waals surface area contributed by atoms with E-state index in [1.54, 1.807) is 13.1 Å². The molecule has 7 heteroatoms. The minimum atomic E-state index is -1.10. The Hall–Kier alpha value is -2.85. The number of benzene rings is 2. The van der Waals surface area contributed by atoms with E-state index in [-0.39, 0.29) is 11.9 Å². The Morgan fingerprint density at radius 3 is 2.64 bits per heavy atom. The van der Waals surface area contributed by atoms with Gasteiger partial charge in [-0.15, -0.1) is 0 Å². The molecular weight excluding hydrogens is 420 g/mol. The maximum atomic E-state index is 13.2. The minimum absolute atomic E-state index is 0.160. The van der Waals surface area contributed by atoms with Crippen LogP contribution >= 0.6 is 15.9 Å². The summed E-state index contributed by atoms with van der Waals surface area (Å²) >= 11 is 3.45. The van der Waals surface area contributed by atoms with Crippen LogP contribution in [0.5, 0.6) is 5.75 Å². The highest BCUT2D eigenvalue weighted by atomic mass is 79.9. The molecule has 0 aromatic heterocycles. The normalized spacial score (nSPS) is 22.5. The maximum absolute atomic E-state index is 13.2. The molecule has 2 aromatic rings. The molecule has 142 valence electrons. The monoisotopic (exact) mass is 438 g/mol. The van der Waals surface area contributed by atoms with Crippen LogP contribution in [0.4, 0.5) is 0 Å². The predicted molar refractivity (Wildman–Crippen MR) is 110 cm³/mol. The van der Waals surface area contributed by atoms with Crippen LogP contribution in [0.15, 0.2) is 45.9 Å². The number of rotatable bonds is 1. The molecule has 2 aliphatic heterocycles. The second kappa shape index (κ2) is 6.08. The van der Waals surface area contributed by atoms with Gasteiger partial charge in [0.2, 0.25) is 0 Å². The third kappa shape index (κ3) is 2.76. The summed E-state index contributed by atoms with van der Waals surface area (Å²) in [6.07, 6.45) is 0.391. The third-order valence-electron chi connectivity index (χ3n) is 5.16. The van der Waals surface area contributed by atoms with Gasteiger partial charge in [0.15, 0.2) is 11.5 Å². The van der Waals surface area contributed by atoms with Gasteiger partial charge in [-0.1, -0.05) is 22.0 Å². The first-order valence-corrected chi connectivity index (χ1v) is 9.63. The third-order valence-corrected chi connectivity index (χ3v) is 5.62. The molecule has 4 rings (SSSR count). The van der Waals surface area contributed by atoms with E-state index in [9.17, 15) is 10.1 Å². The standard InChI is InChI=1S/C21H19BrN4O2/c1-20(2)11-21(18(27)26(3)19(24)25-21)16-9-13(4-5-17(16)28-20)14-6-12(10-23)7-15(22)8-14/h4-9H,11H2,1-3H3,(H2,24,25). The number of amides is 1. The summed E-state index contributed by atoms with van der Waals surface area (Å²) in [6.45, 7) is 3.88. The molecule has 1 amide bonds. The number of nitriles is 1. The topological polar surface area (TPSA) is 91.7 Å². The molecule has 1 atom stereocenters. The maximum Gasteiger partial charge on any atom is 0.261 e. The zero-order valence-corrected chi connectivity index (χ0v) is 17.4. The number of carbonyl (C=O) groups excluding carboxylic acids is 1. The predicted octanol–water partition coefficient (Wildman–Crippen LogP) is 3.53. The molecule has 0 bridgehead atoms. The van der Waals surface area contributed by atoms with E-state index in [1.165, 1.54) is 4.90 Å². The largest absolute Gasteiger partial charge is 0.487 e. The Kier molecular flexibility index (Phi) is 4.02. The first-order chi connectivity index (χ1) is 13.1. The van der Waals surface area contributed by atoms with Gasteiger partial charge in [0.25, 0.3) is 5.91 Å². The second-order valence-electron chi connectivity index (χ2n) is 7.78. The Balaban J connectivity index is 1.93. The number of nitrogens with zero attached hydrogens (tertiary/aromatic N) is 3.